The van der Waals surface area contributed by atoms with Crippen LogP contribution >= 0.6 is 12.2 Å². The van der Waals surface area contributed by atoms with Crippen molar-refractivity contribution in [2.45, 2.75) is 25.7 Å². The number of hydrogen-bond donors (Lipinski definition) is 1. The average molecular weight is 294 g/mol. The third-order valence-electron chi connectivity index (χ3n) is 3.55. The molecule has 0 unspecified atom stereocenters. The van der Waals surface area contributed by atoms with Gasteiger partial charge in [-0.3, -0.25) is 4.79 Å². The van der Waals surface area contributed by atoms with Gasteiger partial charge in [0.05, 0.1) is 0 Å². The second-order valence-electron chi connectivity index (χ2n) is 4.81. The molecule has 3 rings (SSSR count). The maximum atomic E-state index is 13.9. The summed E-state index contributed by atoms with van der Waals surface area (Å²) in [6.45, 7) is 0. The Morgan fingerprint density at radius 3 is 2.50 bits per heavy atom. The van der Waals surface area contributed by atoms with Gasteiger partial charge >= 0.3 is 0 Å². The van der Waals surface area contributed by atoms with E-state index in [9.17, 15) is 13.6 Å². The summed E-state index contributed by atoms with van der Waals surface area (Å²) >= 11 is 5.10. The lowest BCUT2D eigenvalue weighted by molar-refractivity contribution is 0.559. The van der Waals surface area contributed by atoms with Crippen molar-refractivity contribution < 1.29 is 8.78 Å². The van der Waals surface area contributed by atoms with E-state index in [0.717, 1.165) is 41.7 Å². The Hall–Kier alpha value is -1.82. The highest BCUT2D eigenvalue weighted by Gasteiger charge is 2.20. The molecule has 0 spiro atoms. The predicted octanol–water partition coefficient (Wildman–Crippen LogP) is 3.05. The molecule has 0 atom stereocenters. The zero-order chi connectivity index (χ0) is 14.3. The van der Waals surface area contributed by atoms with Crippen LogP contribution in [0.4, 0.5) is 8.78 Å². The number of nitrogens with zero attached hydrogens (tertiary/aromatic N) is 1. The molecule has 0 radical (unpaired) electrons. The third-order valence-corrected chi connectivity index (χ3v) is 3.84. The number of nitrogens with one attached hydrogen (secondary N) is 1. The van der Waals surface area contributed by atoms with Crippen LogP contribution in [0.1, 0.15) is 24.1 Å². The molecular weight excluding hydrogens is 282 g/mol. The zero-order valence-electron chi connectivity index (χ0n) is 10.6. The monoisotopic (exact) mass is 294 g/mol. The van der Waals surface area contributed by atoms with Gasteiger partial charge in [-0.25, -0.2) is 13.3 Å². The largest absolute Gasteiger partial charge is 0.335 e. The Bertz CT molecular complexity index is 774. The zero-order valence-corrected chi connectivity index (χ0v) is 11.4. The number of aryl methyl sites for hydroxylation is 1. The van der Waals surface area contributed by atoms with E-state index in [0.29, 0.717) is 12.0 Å². The third kappa shape index (κ3) is 2.00. The number of benzene rings is 1. The molecule has 0 aliphatic heterocycles. The summed E-state index contributed by atoms with van der Waals surface area (Å²) in [6, 6.07) is 3.47. The Morgan fingerprint density at radius 1 is 1.15 bits per heavy atom. The standard InChI is InChI=1S/C14H12F2N2OS/c15-9-5-3-6-10(16)12(9)18-13(19)8-4-1-2-7-11(8)17-14(18)20/h3,5-6H,1-2,4,7H2,(H,17,20). The number of halogens is 2. The second-order valence-corrected chi connectivity index (χ2v) is 5.19. The summed E-state index contributed by atoms with van der Waals surface area (Å²) in [5.74, 6) is -1.61. The van der Waals surface area contributed by atoms with Gasteiger partial charge in [0.1, 0.15) is 17.3 Å². The van der Waals surface area contributed by atoms with Gasteiger partial charge in [0, 0.05) is 11.3 Å². The maximum Gasteiger partial charge on any atom is 0.262 e. The molecule has 20 heavy (non-hydrogen) atoms. The van der Waals surface area contributed by atoms with Crippen LogP contribution < -0.4 is 5.56 Å². The lowest BCUT2D eigenvalue weighted by Gasteiger charge is -2.17. The second kappa shape index (κ2) is 4.94. The molecule has 1 aliphatic carbocycles. The van der Waals surface area contributed by atoms with Crippen LogP contribution in [0, 0.1) is 16.4 Å². The van der Waals surface area contributed by atoms with Crippen LogP contribution in [-0.2, 0) is 12.8 Å². The molecule has 1 aliphatic rings. The lowest BCUT2D eigenvalue weighted by atomic mass is 9.97. The van der Waals surface area contributed by atoms with Crippen molar-refractivity contribution in [3.8, 4) is 5.69 Å². The van der Waals surface area contributed by atoms with Crippen LogP contribution in [0.3, 0.4) is 0 Å². The SMILES string of the molecule is O=c1c2c([nH]c(=S)n1-c1c(F)cccc1F)CCCC2. The Morgan fingerprint density at radius 2 is 1.80 bits per heavy atom. The van der Waals surface area contributed by atoms with E-state index in [2.05, 4.69) is 4.98 Å². The van der Waals surface area contributed by atoms with Crippen molar-refractivity contribution in [3.05, 3.63) is 56.2 Å². The predicted molar refractivity (Wildman–Crippen MR) is 73.8 cm³/mol. The number of H-pyrrole nitrogens is 1. The van der Waals surface area contributed by atoms with Crippen molar-refractivity contribution in [1.29, 1.82) is 0 Å². The molecule has 1 aromatic heterocycles. The molecule has 1 aromatic carbocycles. The average Bonchev–Trinajstić information content (AvgIpc) is 2.42. The highest BCUT2D eigenvalue weighted by molar-refractivity contribution is 7.71. The quantitative estimate of drug-likeness (QED) is 0.821. The molecule has 1 heterocycles. The van der Waals surface area contributed by atoms with Gasteiger partial charge in [-0.2, -0.15) is 0 Å². The van der Waals surface area contributed by atoms with Crippen LogP contribution in [0.5, 0.6) is 0 Å². The Labute approximate surface area is 118 Å². The molecule has 1 N–H and O–H groups in total. The fraction of sp³-hybridized carbons (Fsp3) is 0.286. The van der Waals surface area contributed by atoms with Gasteiger partial charge in [0.15, 0.2) is 4.77 Å². The van der Waals surface area contributed by atoms with Gasteiger partial charge in [0.25, 0.3) is 5.56 Å². The van der Waals surface area contributed by atoms with E-state index in [-0.39, 0.29) is 4.77 Å². The first-order valence-electron chi connectivity index (χ1n) is 6.41. The maximum absolute atomic E-state index is 13.9. The molecule has 2 aromatic rings. The van der Waals surface area contributed by atoms with Crippen molar-refractivity contribution in [2.75, 3.05) is 0 Å². The number of hydrogen-bond acceptors (Lipinski definition) is 2. The molecule has 3 nitrogen and oxygen atoms in total. The van der Waals surface area contributed by atoms with E-state index < -0.39 is 22.9 Å². The topological polar surface area (TPSA) is 37.8 Å². The summed E-state index contributed by atoms with van der Waals surface area (Å²) in [4.78, 5) is 15.4. The lowest BCUT2D eigenvalue weighted by Crippen LogP contribution is -2.29. The van der Waals surface area contributed by atoms with Crippen molar-refractivity contribution in [3.63, 3.8) is 0 Å². The van der Waals surface area contributed by atoms with Crippen LogP contribution in [-0.4, -0.2) is 9.55 Å². The van der Waals surface area contributed by atoms with Gasteiger partial charge in [0.2, 0.25) is 0 Å². The minimum absolute atomic E-state index is 0.0275. The highest BCUT2D eigenvalue weighted by Crippen LogP contribution is 2.20. The summed E-state index contributed by atoms with van der Waals surface area (Å²) in [6.07, 6.45) is 3.23. The van der Waals surface area contributed by atoms with Crippen molar-refractivity contribution in [2.24, 2.45) is 0 Å². The number of rotatable bonds is 1. The normalized spacial score (nSPS) is 14.1. The smallest absolute Gasteiger partial charge is 0.262 e. The minimum Gasteiger partial charge on any atom is -0.335 e. The summed E-state index contributed by atoms with van der Waals surface area (Å²) in [5.41, 5.74) is 0.534. The van der Waals surface area contributed by atoms with E-state index in [4.69, 9.17) is 12.2 Å². The first-order valence-corrected chi connectivity index (χ1v) is 6.82. The molecule has 0 amide bonds. The summed E-state index contributed by atoms with van der Waals surface area (Å²) in [5, 5.41) is 0. The van der Waals surface area contributed by atoms with Crippen LogP contribution in [0.25, 0.3) is 5.69 Å². The van der Waals surface area contributed by atoms with E-state index >= 15 is 0 Å². The molecule has 0 bridgehead atoms. The first-order chi connectivity index (χ1) is 9.59. The Balaban J connectivity index is 2.36. The number of aromatic nitrogens is 2. The Kier molecular flexibility index (Phi) is 3.25. The van der Waals surface area contributed by atoms with E-state index in [1.54, 1.807) is 0 Å². The number of para-hydroxylation sites is 1. The molecule has 0 saturated carbocycles. The van der Waals surface area contributed by atoms with Crippen molar-refractivity contribution in [1.82, 2.24) is 9.55 Å². The van der Waals surface area contributed by atoms with Crippen molar-refractivity contribution >= 4 is 12.2 Å². The van der Waals surface area contributed by atoms with E-state index in [1.807, 2.05) is 0 Å². The van der Waals surface area contributed by atoms with Gasteiger partial charge in [-0.15, -0.1) is 0 Å². The molecule has 6 heteroatoms. The molecule has 104 valence electrons. The fourth-order valence-corrected chi connectivity index (χ4v) is 2.89. The van der Waals surface area contributed by atoms with Crippen LogP contribution in [0.2, 0.25) is 0 Å². The fourth-order valence-electron chi connectivity index (χ4n) is 2.60. The molecule has 0 fully saturated rings. The van der Waals surface area contributed by atoms with E-state index in [1.165, 1.54) is 6.07 Å². The first kappa shape index (κ1) is 13.2. The van der Waals surface area contributed by atoms with Gasteiger partial charge in [-0.1, -0.05) is 6.07 Å². The minimum atomic E-state index is -0.803. The molecular formula is C14H12F2N2OS. The van der Waals surface area contributed by atoms with Gasteiger partial charge < -0.3 is 4.98 Å². The van der Waals surface area contributed by atoms with Gasteiger partial charge in [-0.05, 0) is 50.0 Å². The highest BCUT2D eigenvalue weighted by atomic mass is 32.1. The number of aromatic amines is 1. The molecule has 0 saturated heterocycles. The summed E-state index contributed by atoms with van der Waals surface area (Å²) < 4.78 is 28.7. The van der Waals surface area contributed by atoms with Crippen LogP contribution in [0.15, 0.2) is 23.0 Å². The number of fused-ring (bicyclic) bond motifs is 1. The summed E-state index contributed by atoms with van der Waals surface area (Å²) in [7, 11) is 0.